The second-order valence-electron chi connectivity index (χ2n) is 6.76. The second-order valence-corrected chi connectivity index (χ2v) is 12.6. The van der Waals surface area contributed by atoms with Crippen LogP contribution in [0.15, 0.2) is 21.9 Å². The molecule has 1 aromatic heterocycles. The van der Waals surface area contributed by atoms with Gasteiger partial charge in [-0.2, -0.15) is 8.62 Å². The number of hydrogen-bond acceptors (Lipinski definition) is 12. The van der Waals surface area contributed by atoms with Crippen LogP contribution in [-0.2, 0) is 31.6 Å². The highest BCUT2D eigenvalue weighted by Gasteiger charge is 2.66. The van der Waals surface area contributed by atoms with Crippen LogP contribution in [0.25, 0.3) is 0 Å². The van der Waals surface area contributed by atoms with Gasteiger partial charge in [0, 0.05) is 12.3 Å². The zero-order valence-corrected chi connectivity index (χ0v) is 19.1. The summed E-state index contributed by atoms with van der Waals surface area (Å²) in [5.74, 6) is 0.543. The number of phosphoric acid groups is 3. The van der Waals surface area contributed by atoms with Crippen molar-refractivity contribution in [2.75, 3.05) is 12.4 Å². The van der Waals surface area contributed by atoms with Crippen LogP contribution in [0.5, 0.6) is 0 Å². The average Bonchev–Trinajstić information content (AvgIpc) is 2.78. The topological polar surface area (TPSA) is 270 Å². The molecule has 0 aliphatic carbocycles. The standard InChI is InChI=1S/C11H18N3O14P3S/c12-11(5-25-30(21,22)28-31(23,24)27-29(18,19)20)7(16)10(2-4-32-10)8(26-11)14-3-1-6(15)13-9(14)17/h1,3,7-8,16H,2,4-5,12H2,(H,21,22)(H,23,24)(H,13,15,17)(H2,18,19,20)/t7-,8+,10+,11+/m0/s1. The lowest BCUT2D eigenvalue weighted by Crippen LogP contribution is -2.59. The van der Waals surface area contributed by atoms with Crippen molar-refractivity contribution in [1.29, 1.82) is 0 Å². The van der Waals surface area contributed by atoms with Gasteiger partial charge in [0.1, 0.15) is 12.7 Å². The van der Waals surface area contributed by atoms with Crippen LogP contribution in [0.1, 0.15) is 12.6 Å². The highest BCUT2D eigenvalue weighted by Crippen LogP contribution is 2.67. The van der Waals surface area contributed by atoms with Gasteiger partial charge in [-0.1, -0.05) is 0 Å². The Morgan fingerprint density at radius 1 is 1.22 bits per heavy atom. The summed E-state index contributed by atoms with van der Waals surface area (Å²) < 4.78 is 51.1. The quantitative estimate of drug-likeness (QED) is 0.181. The Kier molecular flexibility index (Phi) is 6.90. The predicted molar refractivity (Wildman–Crippen MR) is 104 cm³/mol. The third-order valence-electron chi connectivity index (χ3n) is 4.51. The molecule has 0 radical (unpaired) electrons. The van der Waals surface area contributed by atoms with Crippen LogP contribution in [0.4, 0.5) is 0 Å². The summed E-state index contributed by atoms with van der Waals surface area (Å²) in [5, 5.41) is 10.8. The summed E-state index contributed by atoms with van der Waals surface area (Å²) >= 11 is 1.18. The second kappa shape index (κ2) is 8.52. The van der Waals surface area contributed by atoms with Gasteiger partial charge in [0.15, 0.2) is 12.0 Å². The fourth-order valence-corrected chi connectivity index (χ4v) is 7.57. The zero-order chi connectivity index (χ0) is 24.2. The van der Waals surface area contributed by atoms with E-state index in [-0.39, 0.29) is 0 Å². The summed E-state index contributed by atoms with van der Waals surface area (Å²) in [6.07, 6.45) is -1.45. The molecule has 6 atom stereocenters. The van der Waals surface area contributed by atoms with E-state index in [9.17, 15) is 38.2 Å². The summed E-state index contributed by atoms with van der Waals surface area (Å²) in [6, 6.07) is 1.02. The van der Waals surface area contributed by atoms with Gasteiger partial charge in [0.2, 0.25) is 0 Å². The van der Waals surface area contributed by atoms with Crippen LogP contribution in [0.2, 0.25) is 0 Å². The number of ether oxygens (including phenoxy) is 1. The fourth-order valence-electron chi connectivity index (χ4n) is 3.17. The third kappa shape index (κ3) is 5.35. The summed E-state index contributed by atoms with van der Waals surface area (Å²) in [4.78, 5) is 61.4. The van der Waals surface area contributed by atoms with Crippen molar-refractivity contribution in [3.63, 3.8) is 0 Å². The van der Waals surface area contributed by atoms with E-state index in [1.54, 1.807) is 0 Å². The first kappa shape index (κ1) is 25.9. The van der Waals surface area contributed by atoms with Crippen LogP contribution in [0, 0.1) is 0 Å². The van der Waals surface area contributed by atoms with Crippen molar-refractivity contribution in [2.24, 2.45) is 5.73 Å². The number of nitrogens with zero attached hydrogens (tertiary/aromatic N) is 1. The van der Waals surface area contributed by atoms with Crippen LogP contribution < -0.4 is 17.0 Å². The van der Waals surface area contributed by atoms with Gasteiger partial charge in [-0.15, -0.1) is 11.8 Å². The van der Waals surface area contributed by atoms with Gasteiger partial charge in [-0.25, -0.2) is 18.5 Å². The largest absolute Gasteiger partial charge is 0.490 e. The lowest BCUT2D eigenvalue weighted by Gasteiger charge is -2.43. The SMILES string of the molecule is N[C@]1(COP(=O)(O)OP(=O)(O)OP(=O)(O)O)O[C@@H](n2ccc(=O)[nH]c2=O)[C@@]2(CCS2)[C@@H]1O. The number of nitrogens with two attached hydrogens (primary N) is 1. The lowest BCUT2D eigenvalue weighted by atomic mass is 9.91. The van der Waals surface area contributed by atoms with E-state index in [1.807, 2.05) is 4.98 Å². The first-order valence-corrected chi connectivity index (χ1v) is 13.9. The molecule has 0 bridgehead atoms. The molecule has 0 saturated carbocycles. The van der Waals surface area contributed by atoms with Gasteiger partial charge in [0.05, 0.1) is 4.75 Å². The van der Waals surface area contributed by atoms with Crippen LogP contribution in [-0.4, -0.2) is 63.2 Å². The van der Waals surface area contributed by atoms with E-state index in [4.69, 9.17) is 20.3 Å². The summed E-state index contributed by atoms with van der Waals surface area (Å²) in [5.41, 5.74) is 2.18. The molecule has 8 N–H and O–H groups in total. The van der Waals surface area contributed by atoms with E-state index in [0.717, 1.165) is 16.8 Å². The highest BCUT2D eigenvalue weighted by atomic mass is 32.2. The summed E-state index contributed by atoms with van der Waals surface area (Å²) in [6.45, 7) is -1.13. The van der Waals surface area contributed by atoms with E-state index in [1.165, 1.54) is 11.8 Å². The van der Waals surface area contributed by atoms with Gasteiger partial charge >= 0.3 is 29.2 Å². The third-order valence-corrected chi connectivity index (χ3v) is 9.87. The molecule has 182 valence electrons. The Morgan fingerprint density at radius 2 is 1.84 bits per heavy atom. The minimum absolute atomic E-state index is 0.295. The van der Waals surface area contributed by atoms with Gasteiger partial charge < -0.3 is 29.4 Å². The maximum Gasteiger partial charge on any atom is 0.490 e. The molecule has 1 aromatic rings. The number of rotatable bonds is 8. The molecule has 2 aliphatic rings. The monoisotopic (exact) mass is 541 g/mol. The van der Waals surface area contributed by atoms with Crippen molar-refractivity contribution in [2.45, 2.75) is 29.2 Å². The molecule has 2 aliphatic heterocycles. The number of H-pyrrole nitrogens is 1. The first-order chi connectivity index (χ1) is 14.5. The molecule has 1 spiro atoms. The highest BCUT2D eigenvalue weighted by molar-refractivity contribution is 8.02. The molecule has 3 heterocycles. The Balaban J connectivity index is 1.80. The Bertz CT molecular complexity index is 1140. The van der Waals surface area contributed by atoms with Crippen molar-refractivity contribution in [3.8, 4) is 0 Å². The maximum absolute atomic E-state index is 12.2. The molecule has 32 heavy (non-hydrogen) atoms. The Labute approximate surface area is 181 Å². The number of aliphatic hydroxyl groups is 1. The molecule has 0 amide bonds. The Hall–Kier alpha value is -0.680. The number of aromatic nitrogens is 2. The van der Waals surface area contributed by atoms with E-state index >= 15 is 0 Å². The predicted octanol–water partition coefficient (Wildman–Crippen LogP) is -1.70. The van der Waals surface area contributed by atoms with Gasteiger partial charge in [0.25, 0.3) is 5.56 Å². The molecule has 2 unspecified atom stereocenters. The molecule has 0 aromatic carbocycles. The molecular weight excluding hydrogens is 523 g/mol. The van der Waals surface area contributed by atoms with E-state index < -0.39 is 64.1 Å². The molecule has 3 rings (SSSR count). The Morgan fingerprint density at radius 3 is 2.34 bits per heavy atom. The van der Waals surface area contributed by atoms with Crippen molar-refractivity contribution in [1.82, 2.24) is 9.55 Å². The van der Waals surface area contributed by atoms with E-state index in [2.05, 4.69) is 13.1 Å². The lowest BCUT2D eigenvalue weighted by molar-refractivity contribution is -0.122. The van der Waals surface area contributed by atoms with Crippen molar-refractivity contribution < 1.29 is 56.3 Å². The van der Waals surface area contributed by atoms with Crippen molar-refractivity contribution >= 4 is 35.2 Å². The van der Waals surface area contributed by atoms with Crippen LogP contribution in [0.3, 0.4) is 0 Å². The number of thioether (sulfide) groups is 1. The molecule has 21 heteroatoms. The first-order valence-electron chi connectivity index (χ1n) is 8.37. The van der Waals surface area contributed by atoms with Gasteiger partial charge in [-0.3, -0.25) is 24.6 Å². The average molecular weight is 541 g/mol. The van der Waals surface area contributed by atoms with Crippen LogP contribution >= 0.6 is 35.2 Å². The number of hydrogen-bond donors (Lipinski definition) is 7. The number of aromatic amines is 1. The minimum atomic E-state index is -5.75. The minimum Gasteiger partial charge on any atom is -0.387 e. The maximum atomic E-state index is 12.2. The number of aliphatic hydroxyl groups excluding tert-OH is 1. The van der Waals surface area contributed by atoms with Crippen molar-refractivity contribution in [3.05, 3.63) is 33.1 Å². The molecule has 2 fully saturated rings. The molecule has 2 saturated heterocycles. The fraction of sp³-hybridized carbons (Fsp3) is 0.636. The summed E-state index contributed by atoms with van der Waals surface area (Å²) in [7, 11) is -16.9. The van der Waals surface area contributed by atoms with Gasteiger partial charge in [-0.05, 0) is 12.2 Å². The zero-order valence-electron chi connectivity index (χ0n) is 15.6. The van der Waals surface area contributed by atoms with E-state index in [0.29, 0.717) is 12.2 Å². The molecule has 17 nitrogen and oxygen atoms in total. The number of nitrogens with one attached hydrogen (secondary N) is 1. The normalized spacial score (nSPS) is 34.1. The number of phosphoric ester groups is 1. The smallest absolute Gasteiger partial charge is 0.387 e. The molecular formula is C11H18N3O14P3S.